The standard InChI is InChI=1S/C33H38N6O4/c1-24(2)22-35-38-32(41)33(19-8-12-25-10-4-3-5-11-25)30(29-14-7-6-13-27(29)23-36-39-34)43-31(37-33)26-15-17-28(18-16-26)42-21-9-20-40/h3-8,10-18,24,30,35,40H,9,19-23H2,1-2H3,(H,38,41)/b12-8+/t30-,33-/m0/s1. The van der Waals surface area contributed by atoms with Crippen LogP contribution in [0.2, 0.25) is 0 Å². The highest BCUT2D eigenvalue weighted by molar-refractivity contribution is 6.01. The summed E-state index contributed by atoms with van der Waals surface area (Å²) in [5.41, 5.74) is 16.7. The first-order valence-electron chi connectivity index (χ1n) is 14.4. The molecule has 1 heterocycles. The maximum absolute atomic E-state index is 14.2. The second-order valence-corrected chi connectivity index (χ2v) is 10.6. The van der Waals surface area contributed by atoms with Crippen LogP contribution in [0.4, 0.5) is 0 Å². The van der Waals surface area contributed by atoms with E-state index in [0.717, 1.165) is 11.1 Å². The maximum Gasteiger partial charge on any atom is 0.266 e. The molecule has 0 unspecified atom stereocenters. The molecule has 1 aliphatic rings. The summed E-state index contributed by atoms with van der Waals surface area (Å²) in [4.78, 5) is 22.1. The van der Waals surface area contributed by atoms with Crippen LogP contribution in [0.1, 0.15) is 55.0 Å². The predicted octanol–water partition coefficient (Wildman–Crippen LogP) is 5.90. The van der Waals surface area contributed by atoms with Gasteiger partial charge in [-0.3, -0.25) is 10.2 Å². The van der Waals surface area contributed by atoms with E-state index in [-0.39, 0.29) is 25.5 Å². The average Bonchev–Trinajstić information content (AvgIpc) is 3.41. The smallest absolute Gasteiger partial charge is 0.266 e. The first-order valence-corrected chi connectivity index (χ1v) is 14.4. The van der Waals surface area contributed by atoms with Crippen molar-refractivity contribution in [2.45, 2.75) is 44.9 Å². The topological polar surface area (TPSA) is 141 Å². The molecule has 0 aromatic heterocycles. The largest absolute Gasteiger partial charge is 0.494 e. The number of aliphatic hydroxyl groups excluding tert-OH is 1. The van der Waals surface area contributed by atoms with Crippen LogP contribution >= 0.6 is 0 Å². The van der Waals surface area contributed by atoms with Crippen molar-refractivity contribution in [1.82, 2.24) is 10.9 Å². The molecule has 3 aromatic rings. The van der Waals surface area contributed by atoms with E-state index in [1.807, 2.05) is 91.0 Å². The van der Waals surface area contributed by atoms with Crippen LogP contribution in [0.3, 0.4) is 0 Å². The number of amides is 1. The number of aliphatic hydroxyl groups is 1. The number of aliphatic imine (C=N–C) groups is 1. The van der Waals surface area contributed by atoms with Crippen molar-refractivity contribution in [3.05, 3.63) is 118 Å². The monoisotopic (exact) mass is 582 g/mol. The van der Waals surface area contributed by atoms with E-state index < -0.39 is 11.6 Å². The lowest BCUT2D eigenvalue weighted by atomic mass is 9.82. The predicted molar refractivity (Wildman–Crippen MR) is 167 cm³/mol. The van der Waals surface area contributed by atoms with Crippen molar-refractivity contribution in [2.75, 3.05) is 19.8 Å². The highest BCUT2D eigenvalue weighted by Crippen LogP contribution is 2.44. The summed E-state index contributed by atoms with van der Waals surface area (Å²) in [6.45, 7) is 5.24. The van der Waals surface area contributed by atoms with E-state index >= 15 is 0 Å². The Balaban J connectivity index is 1.77. The van der Waals surface area contributed by atoms with Gasteiger partial charge in [0, 0.05) is 36.5 Å². The van der Waals surface area contributed by atoms with E-state index in [0.29, 0.717) is 48.3 Å². The Labute approximate surface area is 252 Å². The lowest BCUT2D eigenvalue weighted by Gasteiger charge is -2.31. The summed E-state index contributed by atoms with van der Waals surface area (Å²) in [5, 5.41) is 12.8. The number of hydrogen-bond acceptors (Lipinski definition) is 7. The van der Waals surface area contributed by atoms with Crippen molar-refractivity contribution in [3.8, 4) is 5.75 Å². The third kappa shape index (κ3) is 8.23. The molecule has 10 nitrogen and oxygen atoms in total. The zero-order chi connectivity index (χ0) is 30.5. The van der Waals surface area contributed by atoms with Crippen LogP contribution in [0.25, 0.3) is 16.5 Å². The van der Waals surface area contributed by atoms with Crippen LogP contribution in [-0.4, -0.2) is 42.2 Å². The normalized spacial score (nSPS) is 17.8. The van der Waals surface area contributed by atoms with E-state index in [1.54, 1.807) is 0 Å². The fraction of sp³-hybridized carbons (Fsp3) is 0.333. The molecule has 2 atom stereocenters. The minimum absolute atomic E-state index is 0.0557. The zero-order valence-electron chi connectivity index (χ0n) is 24.5. The quantitative estimate of drug-likeness (QED) is 0.0673. The van der Waals surface area contributed by atoms with Crippen molar-refractivity contribution >= 4 is 17.9 Å². The summed E-state index contributed by atoms with van der Waals surface area (Å²) in [7, 11) is 0. The van der Waals surface area contributed by atoms with Gasteiger partial charge in [-0.05, 0) is 52.4 Å². The number of hydrogen-bond donors (Lipinski definition) is 3. The maximum atomic E-state index is 14.2. The number of carbonyl (C=O) groups is 1. The van der Waals surface area contributed by atoms with Crippen LogP contribution in [0.5, 0.6) is 5.75 Å². The number of nitrogens with one attached hydrogen (secondary N) is 2. The second kappa shape index (κ2) is 15.6. The summed E-state index contributed by atoms with van der Waals surface area (Å²) < 4.78 is 12.3. The SMILES string of the molecule is CC(C)CNNC(=O)[C@@]1(C/C=C/c2ccccc2)N=C(c2ccc(OCCCO)cc2)O[C@H]1c1ccccc1CN=[N+]=[N-]. The van der Waals surface area contributed by atoms with Gasteiger partial charge in [0.25, 0.3) is 5.91 Å². The number of azide groups is 1. The van der Waals surface area contributed by atoms with E-state index in [2.05, 4.69) is 34.7 Å². The molecule has 3 aromatic carbocycles. The molecule has 0 fully saturated rings. The molecular weight excluding hydrogens is 544 g/mol. The third-order valence-electron chi connectivity index (χ3n) is 6.92. The van der Waals surface area contributed by atoms with E-state index in [4.69, 9.17) is 25.1 Å². The number of hydrazine groups is 1. The van der Waals surface area contributed by atoms with Crippen LogP contribution in [-0.2, 0) is 16.1 Å². The number of rotatable bonds is 15. The molecule has 0 bridgehead atoms. The Hall–Kier alpha value is -4.63. The van der Waals surface area contributed by atoms with Crippen LogP contribution < -0.4 is 15.6 Å². The van der Waals surface area contributed by atoms with Crippen LogP contribution in [0.15, 0.2) is 95.0 Å². The lowest BCUT2D eigenvalue weighted by Crippen LogP contribution is -2.53. The van der Waals surface area contributed by atoms with Gasteiger partial charge in [0.15, 0.2) is 11.6 Å². The van der Waals surface area contributed by atoms with Gasteiger partial charge in [-0.1, -0.05) is 85.7 Å². The van der Waals surface area contributed by atoms with Crippen LogP contribution in [0, 0.1) is 5.92 Å². The fourth-order valence-electron chi connectivity index (χ4n) is 4.72. The summed E-state index contributed by atoms with van der Waals surface area (Å²) in [6, 6.07) is 24.6. The molecule has 10 heteroatoms. The second-order valence-electron chi connectivity index (χ2n) is 10.6. The van der Waals surface area contributed by atoms with Gasteiger partial charge in [-0.2, -0.15) is 0 Å². The highest BCUT2D eigenvalue weighted by Gasteiger charge is 2.53. The molecule has 0 spiro atoms. The molecule has 0 aliphatic carbocycles. The Kier molecular flexibility index (Phi) is 11.3. The van der Waals surface area contributed by atoms with Crippen molar-refractivity contribution < 1.29 is 19.4 Å². The molecule has 1 amide bonds. The van der Waals surface area contributed by atoms with Gasteiger partial charge < -0.3 is 14.6 Å². The van der Waals surface area contributed by atoms with Crippen molar-refractivity contribution in [3.63, 3.8) is 0 Å². The molecule has 3 N–H and O–H groups in total. The van der Waals surface area contributed by atoms with Crippen molar-refractivity contribution in [1.29, 1.82) is 0 Å². The Morgan fingerprint density at radius 3 is 2.60 bits per heavy atom. The molecule has 43 heavy (non-hydrogen) atoms. The Morgan fingerprint density at radius 1 is 1.14 bits per heavy atom. The Bertz CT molecular complexity index is 1450. The highest BCUT2D eigenvalue weighted by atomic mass is 16.5. The summed E-state index contributed by atoms with van der Waals surface area (Å²) >= 11 is 0. The average molecular weight is 583 g/mol. The van der Waals surface area contributed by atoms with Gasteiger partial charge >= 0.3 is 0 Å². The van der Waals surface area contributed by atoms with Gasteiger partial charge in [0.1, 0.15) is 5.75 Å². The van der Waals surface area contributed by atoms with Gasteiger partial charge in [-0.25, -0.2) is 10.4 Å². The molecule has 1 aliphatic heterocycles. The molecule has 0 radical (unpaired) electrons. The first kappa shape index (κ1) is 31.3. The summed E-state index contributed by atoms with van der Waals surface area (Å²) in [6.07, 6.45) is 3.87. The lowest BCUT2D eigenvalue weighted by molar-refractivity contribution is -0.129. The Morgan fingerprint density at radius 2 is 1.88 bits per heavy atom. The minimum atomic E-state index is -1.38. The number of ether oxygens (including phenoxy) is 2. The summed E-state index contributed by atoms with van der Waals surface area (Å²) in [5.74, 6) is 0.942. The molecule has 0 saturated carbocycles. The zero-order valence-corrected chi connectivity index (χ0v) is 24.5. The van der Waals surface area contributed by atoms with E-state index in [1.165, 1.54) is 0 Å². The third-order valence-corrected chi connectivity index (χ3v) is 6.92. The first-order chi connectivity index (χ1) is 21.0. The molecule has 4 rings (SSSR count). The number of carbonyl (C=O) groups excluding carboxylic acids is 1. The minimum Gasteiger partial charge on any atom is -0.494 e. The fourth-order valence-corrected chi connectivity index (χ4v) is 4.72. The molecule has 0 saturated heterocycles. The van der Waals surface area contributed by atoms with E-state index in [9.17, 15) is 4.79 Å². The number of nitrogens with zero attached hydrogens (tertiary/aromatic N) is 4. The van der Waals surface area contributed by atoms with Gasteiger partial charge in [0.05, 0.1) is 13.2 Å². The van der Waals surface area contributed by atoms with Gasteiger partial charge in [-0.15, -0.1) is 0 Å². The molecule has 224 valence electrons. The van der Waals surface area contributed by atoms with Gasteiger partial charge in [0.2, 0.25) is 5.90 Å². The van der Waals surface area contributed by atoms with Crippen molar-refractivity contribution in [2.24, 2.45) is 16.0 Å². The number of benzene rings is 3. The molecular formula is C33H38N6O4.